The summed E-state index contributed by atoms with van der Waals surface area (Å²) >= 11 is 0. The lowest BCUT2D eigenvalue weighted by molar-refractivity contribution is -0.139. The summed E-state index contributed by atoms with van der Waals surface area (Å²) in [6, 6.07) is -1.63. The zero-order valence-electron chi connectivity index (χ0n) is 11.6. The lowest BCUT2D eigenvalue weighted by atomic mass is 10.1. The van der Waals surface area contributed by atoms with Crippen molar-refractivity contribution >= 4 is 17.9 Å². The minimum Gasteiger partial charge on any atom is -0.480 e. The summed E-state index contributed by atoms with van der Waals surface area (Å²) in [5.41, 5.74) is 0.608. The number of nitrogens with one attached hydrogen (secondary N) is 2. The normalized spacial score (nSPS) is 16.7. The van der Waals surface area contributed by atoms with Crippen LogP contribution in [0.2, 0.25) is 0 Å². The smallest absolute Gasteiger partial charge is 0.326 e. The van der Waals surface area contributed by atoms with Gasteiger partial charge in [0.25, 0.3) is 0 Å². The Labute approximate surface area is 120 Å². The molecule has 1 aromatic rings. The fraction of sp³-hybridized carbons (Fsp3) is 0.500. The molecule has 9 heteroatoms. The van der Waals surface area contributed by atoms with Gasteiger partial charge in [0.15, 0.2) is 0 Å². The van der Waals surface area contributed by atoms with Crippen LogP contribution in [-0.2, 0) is 16.0 Å². The number of imidazole rings is 1. The minimum absolute atomic E-state index is 0.0429. The Morgan fingerprint density at radius 3 is 2.86 bits per heavy atom. The van der Waals surface area contributed by atoms with Gasteiger partial charge in [0, 0.05) is 38.4 Å². The first kappa shape index (κ1) is 14.8. The van der Waals surface area contributed by atoms with Crippen molar-refractivity contribution < 1.29 is 19.5 Å². The summed E-state index contributed by atoms with van der Waals surface area (Å²) in [5, 5.41) is 11.6. The van der Waals surface area contributed by atoms with Crippen molar-refractivity contribution in [3.05, 3.63) is 18.2 Å². The first-order valence-corrected chi connectivity index (χ1v) is 6.47. The number of aliphatic carboxylic acids is 1. The van der Waals surface area contributed by atoms with Crippen LogP contribution in [0.5, 0.6) is 0 Å². The number of nitrogens with zero attached hydrogens (tertiary/aromatic N) is 3. The summed E-state index contributed by atoms with van der Waals surface area (Å²) in [6.45, 7) is 0.772. The molecule has 0 bridgehead atoms. The van der Waals surface area contributed by atoms with Crippen LogP contribution in [0.1, 0.15) is 5.69 Å². The third-order valence-corrected chi connectivity index (χ3v) is 3.32. The second-order valence-corrected chi connectivity index (χ2v) is 4.86. The highest BCUT2D eigenvalue weighted by molar-refractivity contribution is 5.87. The number of amides is 3. The number of carboxylic acids is 1. The number of rotatable bonds is 4. The lowest BCUT2D eigenvalue weighted by Crippen LogP contribution is -2.56. The standard InChI is InChI=1S/C12H17N5O4/c1-16-2-3-17(6-10(16)18)12(21)15-9(11(19)20)4-8-5-13-7-14-8/h5,7,9H,2-4,6H2,1H3,(H,13,14)(H,15,21)(H,19,20)/t9-/m1/s1. The number of hydrogen-bond acceptors (Lipinski definition) is 4. The van der Waals surface area contributed by atoms with E-state index in [1.54, 1.807) is 7.05 Å². The average Bonchev–Trinajstić information content (AvgIpc) is 2.93. The van der Waals surface area contributed by atoms with Gasteiger partial charge in [-0.15, -0.1) is 0 Å². The molecule has 3 amide bonds. The van der Waals surface area contributed by atoms with Crippen molar-refractivity contribution in [2.24, 2.45) is 0 Å². The van der Waals surface area contributed by atoms with Gasteiger partial charge in [0.1, 0.15) is 12.6 Å². The summed E-state index contributed by atoms with van der Waals surface area (Å²) in [6.07, 6.45) is 3.04. The molecule has 114 valence electrons. The quantitative estimate of drug-likeness (QED) is 0.651. The number of urea groups is 1. The molecule has 1 aromatic heterocycles. The number of piperazine rings is 1. The van der Waals surface area contributed by atoms with E-state index in [0.717, 1.165) is 0 Å². The van der Waals surface area contributed by atoms with Gasteiger partial charge in [-0.05, 0) is 0 Å². The minimum atomic E-state index is -1.14. The van der Waals surface area contributed by atoms with Gasteiger partial charge in [-0.1, -0.05) is 0 Å². The second-order valence-electron chi connectivity index (χ2n) is 4.86. The first-order chi connectivity index (χ1) is 9.97. The van der Waals surface area contributed by atoms with Crippen molar-refractivity contribution in [2.75, 3.05) is 26.7 Å². The molecule has 1 fully saturated rings. The van der Waals surface area contributed by atoms with Crippen molar-refractivity contribution in [2.45, 2.75) is 12.5 Å². The zero-order chi connectivity index (χ0) is 15.4. The van der Waals surface area contributed by atoms with Gasteiger partial charge in [-0.2, -0.15) is 0 Å². The molecular formula is C12H17N5O4. The number of hydrogen-bond donors (Lipinski definition) is 3. The second kappa shape index (κ2) is 6.25. The van der Waals surface area contributed by atoms with E-state index in [1.165, 1.54) is 22.3 Å². The van der Waals surface area contributed by atoms with Gasteiger partial charge in [0.05, 0.1) is 6.33 Å². The molecule has 0 saturated carbocycles. The number of carbonyl (C=O) groups is 3. The SMILES string of the molecule is CN1CCN(C(=O)N[C@H](Cc2cnc[nH]2)C(=O)O)CC1=O. The molecule has 0 aromatic carbocycles. The van der Waals surface area contributed by atoms with Crippen molar-refractivity contribution in [3.8, 4) is 0 Å². The van der Waals surface area contributed by atoms with Gasteiger partial charge in [-0.3, -0.25) is 4.79 Å². The molecule has 1 saturated heterocycles. The Morgan fingerprint density at radius 2 is 2.29 bits per heavy atom. The molecule has 0 spiro atoms. The van der Waals surface area contributed by atoms with E-state index < -0.39 is 18.0 Å². The molecule has 3 N–H and O–H groups in total. The zero-order valence-corrected chi connectivity index (χ0v) is 11.6. The van der Waals surface area contributed by atoms with E-state index >= 15 is 0 Å². The Morgan fingerprint density at radius 1 is 1.52 bits per heavy atom. The predicted octanol–water partition coefficient (Wildman–Crippen LogP) is -1.11. The van der Waals surface area contributed by atoms with Gasteiger partial charge >= 0.3 is 12.0 Å². The fourth-order valence-corrected chi connectivity index (χ4v) is 1.99. The molecule has 2 rings (SSSR count). The van der Waals surface area contributed by atoms with Crippen LogP contribution in [0.4, 0.5) is 4.79 Å². The maximum absolute atomic E-state index is 12.0. The molecule has 1 atom stereocenters. The highest BCUT2D eigenvalue weighted by atomic mass is 16.4. The largest absolute Gasteiger partial charge is 0.480 e. The summed E-state index contributed by atoms with van der Waals surface area (Å²) < 4.78 is 0. The third kappa shape index (κ3) is 3.71. The van der Waals surface area contributed by atoms with Crippen molar-refractivity contribution in [1.29, 1.82) is 0 Å². The van der Waals surface area contributed by atoms with E-state index in [9.17, 15) is 19.5 Å². The van der Waals surface area contributed by atoms with Crippen LogP contribution in [0, 0.1) is 0 Å². The Bertz CT molecular complexity index is 530. The van der Waals surface area contributed by atoms with Crippen molar-refractivity contribution in [3.63, 3.8) is 0 Å². The molecule has 1 aliphatic rings. The summed E-state index contributed by atoms with van der Waals surface area (Å²) in [5.74, 6) is -1.31. The van der Waals surface area contributed by atoms with Crippen LogP contribution in [0.3, 0.4) is 0 Å². The topological polar surface area (TPSA) is 119 Å². The number of carboxylic acid groups (broad SMARTS) is 1. The molecular weight excluding hydrogens is 278 g/mol. The Hall–Kier alpha value is -2.58. The average molecular weight is 295 g/mol. The molecule has 2 heterocycles. The number of likely N-dealkylation sites (N-methyl/N-ethyl adjacent to an activating group) is 1. The number of H-pyrrole nitrogens is 1. The first-order valence-electron chi connectivity index (χ1n) is 6.47. The Balaban J connectivity index is 1.95. The predicted molar refractivity (Wildman–Crippen MR) is 71.5 cm³/mol. The maximum atomic E-state index is 12.0. The maximum Gasteiger partial charge on any atom is 0.326 e. The van der Waals surface area contributed by atoms with Crippen LogP contribution in [-0.4, -0.2) is 75.5 Å². The van der Waals surface area contributed by atoms with E-state index in [0.29, 0.717) is 18.8 Å². The van der Waals surface area contributed by atoms with Crippen LogP contribution < -0.4 is 5.32 Å². The van der Waals surface area contributed by atoms with Gasteiger partial charge < -0.3 is 25.2 Å². The highest BCUT2D eigenvalue weighted by Crippen LogP contribution is 2.04. The fourth-order valence-electron chi connectivity index (χ4n) is 1.99. The molecule has 1 aliphatic heterocycles. The molecule has 9 nitrogen and oxygen atoms in total. The van der Waals surface area contributed by atoms with E-state index in [1.807, 2.05) is 0 Å². The molecule has 21 heavy (non-hydrogen) atoms. The van der Waals surface area contributed by atoms with Crippen LogP contribution >= 0.6 is 0 Å². The number of aromatic nitrogens is 2. The highest BCUT2D eigenvalue weighted by Gasteiger charge is 2.28. The molecule has 0 aliphatic carbocycles. The van der Waals surface area contributed by atoms with Crippen molar-refractivity contribution in [1.82, 2.24) is 25.1 Å². The van der Waals surface area contributed by atoms with E-state index in [-0.39, 0.29) is 18.9 Å². The third-order valence-electron chi connectivity index (χ3n) is 3.32. The number of aromatic amines is 1. The summed E-state index contributed by atoms with van der Waals surface area (Å²) in [7, 11) is 1.66. The molecule has 0 radical (unpaired) electrons. The van der Waals surface area contributed by atoms with E-state index in [2.05, 4.69) is 15.3 Å². The van der Waals surface area contributed by atoms with Crippen LogP contribution in [0.15, 0.2) is 12.5 Å². The Kier molecular flexibility index (Phi) is 4.41. The van der Waals surface area contributed by atoms with E-state index in [4.69, 9.17) is 0 Å². The number of carbonyl (C=O) groups excluding carboxylic acids is 2. The lowest BCUT2D eigenvalue weighted by Gasteiger charge is -2.32. The summed E-state index contributed by atoms with van der Waals surface area (Å²) in [4.78, 5) is 44.3. The van der Waals surface area contributed by atoms with Gasteiger partial charge in [-0.25, -0.2) is 14.6 Å². The van der Waals surface area contributed by atoms with Gasteiger partial charge in [0.2, 0.25) is 5.91 Å². The monoisotopic (exact) mass is 295 g/mol. The van der Waals surface area contributed by atoms with Crippen LogP contribution in [0.25, 0.3) is 0 Å². The molecule has 0 unspecified atom stereocenters.